The molecule has 1 aromatic heterocycles. The van der Waals surface area contributed by atoms with Gasteiger partial charge >= 0.3 is 0 Å². The van der Waals surface area contributed by atoms with Gasteiger partial charge < -0.3 is 9.84 Å². The van der Waals surface area contributed by atoms with Crippen LogP contribution in [0.25, 0.3) is 11.4 Å². The number of aromatic nitrogens is 2. The van der Waals surface area contributed by atoms with E-state index in [-0.39, 0.29) is 11.7 Å². The van der Waals surface area contributed by atoms with Crippen molar-refractivity contribution in [3.63, 3.8) is 0 Å². The molecular formula is C15H17F2N3O. The molecule has 0 radical (unpaired) electrons. The van der Waals surface area contributed by atoms with Crippen molar-refractivity contribution in [2.45, 2.75) is 38.1 Å². The quantitative estimate of drug-likeness (QED) is 0.940. The van der Waals surface area contributed by atoms with E-state index >= 15 is 0 Å². The maximum atomic E-state index is 13.2. The summed E-state index contributed by atoms with van der Waals surface area (Å²) < 4.78 is 31.8. The van der Waals surface area contributed by atoms with Crippen LogP contribution < -0.4 is 5.32 Å². The number of halogens is 2. The SMILES string of the molecule is CCNC1CCCC1c1nc(-c2cc(F)cc(F)c2)no1. The Morgan fingerprint density at radius 2 is 2.00 bits per heavy atom. The number of likely N-dealkylation sites (N-methyl/N-ethyl adjacent to an activating group) is 1. The smallest absolute Gasteiger partial charge is 0.231 e. The molecule has 1 aliphatic rings. The minimum absolute atomic E-state index is 0.171. The third-order valence-electron chi connectivity index (χ3n) is 3.86. The molecule has 4 nitrogen and oxygen atoms in total. The molecular weight excluding hydrogens is 276 g/mol. The Morgan fingerprint density at radius 1 is 1.24 bits per heavy atom. The fraction of sp³-hybridized carbons (Fsp3) is 0.467. The first-order valence-corrected chi connectivity index (χ1v) is 7.21. The number of nitrogens with zero attached hydrogens (tertiary/aromatic N) is 2. The van der Waals surface area contributed by atoms with E-state index in [4.69, 9.17) is 4.52 Å². The molecule has 2 atom stereocenters. The van der Waals surface area contributed by atoms with E-state index in [1.54, 1.807) is 0 Å². The molecule has 6 heteroatoms. The van der Waals surface area contributed by atoms with Crippen LogP contribution in [0.2, 0.25) is 0 Å². The molecule has 1 aliphatic carbocycles. The zero-order valence-corrected chi connectivity index (χ0v) is 11.8. The lowest BCUT2D eigenvalue weighted by atomic mass is 10.0. The van der Waals surface area contributed by atoms with Gasteiger partial charge in [0.2, 0.25) is 11.7 Å². The Balaban J connectivity index is 1.86. The van der Waals surface area contributed by atoms with Crippen LogP contribution >= 0.6 is 0 Å². The van der Waals surface area contributed by atoms with Crippen molar-refractivity contribution < 1.29 is 13.3 Å². The number of benzene rings is 1. The fourth-order valence-electron chi connectivity index (χ4n) is 2.95. The highest BCUT2D eigenvalue weighted by Crippen LogP contribution is 2.34. The fourth-order valence-corrected chi connectivity index (χ4v) is 2.95. The molecule has 0 aliphatic heterocycles. The lowest BCUT2D eigenvalue weighted by Gasteiger charge is -2.16. The van der Waals surface area contributed by atoms with E-state index in [0.29, 0.717) is 17.5 Å². The van der Waals surface area contributed by atoms with Crippen molar-refractivity contribution >= 4 is 0 Å². The van der Waals surface area contributed by atoms with Gasteiger partial charge in [-0.2, -0.15) is 4.98 Å². The molecule has 0 spiro atoms. The molecule has 1 N–H and O–H groups in total. The summed E-state index contributed by atoms with van der Waals surface area (Å²) >= 11 is 0. The van der Waals surface area contributed by atoms with Gasteiger partial charge in [-0.1, -0.05) is 18.5 Å². The lowest BCUT2D eigenvalue weighted by Crippen LogP contribution is -2.31. The summed E-state index contributed by atoms with van der Waals surface area (Å²) in [5, 5.41) is 7.27. The third kappa shape index (κ3) is 2.95. The van der Waals surface area contributed by atoms with Gasteiger partial charge in [0.05, 0.1) is 5.92 Å². The van der Waals surface area contributed by atoms with Crippen LogP contribution in [-0.4, -0.2) is 22.7 Å². The van der Waals surface area contributed by atoms with E-state index < -0.39 is 11.6 Å². The Morgan fingerprint density at radius 3 is 2.71 bits per heavy atom. The standard InChI is InChI=1S/C15H17F2N3O/c1-2-18-13-5-3-4-12(13)15-19-14(20-21-15)9-6-10(16)8-11(17)7-9/h6-8,12-13,18H,2-5H2,1H3. The molecule has 1 aromatic carbocycles. The Labute approximate surface area is 121 Å². The predicted molar refractivity (Wildman–Crippen MR) is 73.7 cm³/mol. The second-order valence-corrected chi connectivity index (χ2v) is 5.32. The van der Waals surface area contributed by atoms with Crippen molar-refractivity contribution in [3.05, 3.63) is 35.7 Å². The van der Waals surface area contributed by atoms with Gasteiger partial charge in [0.15, 0.2) is 0 Å². The van der Waals surface area contributed by atoms with Gasteiger partial charge in [-0.25, -0.2) is 8.78 Å². The average molecular weight is 293 g/mol. The van der Waals surface area contributed by atoms with Crippen molar-refractivity contribution in [3.8, 4) is 11.4 Å². The van der Waals surface area contributed by atoms with Gasteiger partial charge in [0, 0.05) is 17.7 Å². The van der Waals surface area contributed by atoms with Gasteiger partial charge in [-0.05, 0) is 31.5 Å². The van der Waals surface area contributed by atoms with E-state index in [0.717, 1.165) is 31.9 Å². The zero-order valence-electron chi connectivity index (χ0n) is 11.8. The Hall–Kier alpha value is -1.82. The summed E-state index contributed by atoms with van der Waals surface area (Å²) in [4.78, 5) is 4.33. The van der Waals surface area contributed by atoms with Crippen molar-refractivity contribution in [1.29, 1.82) is 0 Å². The molecule has 112 valence electrons. The van der Waals surface area contributed by atoms with Crippen LogP contribution in [0.3, 0.4) is 0 Å². The molecule has 21 heavy (non-hydrogen) atoms. The summed E-state index contributed by atoms with van der Waals surface area (Å²) in [6, 6.07) is 3.55. The normalized spacial score (nSPS) is 21.9. The highest BCUT2D eigenvalue weighted by molar-refractivity contribution is 5.54. The van der Waals surface area contributed by atoms with Crippen LogP contribution in [0, 0.1) is 11.6 Å². The average Bonchev–Trinajstić information content (AvgIpc) is 3.06. The predicted octanol–water partition coefficient (Wildman–Crippen LogP) is 3.26. The van der Waals surface area contributed by atoms with Gasteiger partial charge in [-0.3, -0.25) is 0 Å². The first-order valence-electron chi connectivity index (χ1n) is 7.21. The highest BCUT2D eigenvalue weighted by Gasteiger charge is 2.32. The van der Waals surface area contributed by atoms with Gasteiger partial charge in [-0.15, -0.1) is 0 Å². The number of hydrogen-bond donors (Lipinski definition) is 1. The summed E-state index contributed by atoms with van der Waals surface area (Å²) in [5.41, 5.74) is 0.292. The second-order valence-electron chi connectivity index (χ2n) is 5.32. The second kappa shape index (κ2) is 5.89. The minimum atomic E-state index is -0.650. The van der Waals surface area contributed by atoms with Crippen LogP contribution in [0.4, 0.5) is 8.78 Å². The summed E-state index contributed by atoms with van der Waals surface area (Å²) in [5.74, 6) is -0.362. The molecule has 2 aromatic rings. The first kappa shape index (κ1) is 14.1. The zero-order chi connectivity index (χ0) is 14.8. The van der Waals surface area contributed by atoms with Crippen LogP contribution in [0.1, 0.15) is 38.0 Å². The number of rotatable bonds is 4. The number of nitrogens with one attached hydrogen (secondary N) is 1. The molecule has 3 rings (SSSR count). The minimum Gasteiger partial charge on any atom is -0.339 e. The summed E-state index contributed by atoms with van der Waals surface area (Å²) in [6.07, 6.45) is 3.16. The Bertz CT molecular complexity index is 609. The topological polar surface area (TPSA) is 51.0 Å². The lowest BCUT2D eigenvalue weighted by molar-refractivity contribution is 0.332. The highest BCUT2D eigenvalue weighted by atomic mass is 19.1. The van der Waals surface area contributed by atoms with E-state index in [1.807, 2.05) is 0 Å². The molecule has 1 heterocycles. The molecule has 1 fully saturated rings. The molecule has 0 amide bonds. The van der Waals surface area contributed by atoms with Crippen LogP contribution in [-0.2, 0) is 0 Å². The van der Waals surface area contributed by atoms with Crippen LogP contribution in [0.15, 0.2) is 22.7 Å². The maximum Gasteiger partial charge on any atom is 0.231 e. The maximum absolute atomic E-state index is 13.2. The van der Waals surface area contributed by atoms with Crippen molar-refractivity contribution in [2.24, 2.45) is 0 Å². The van der Waals surface area contributed by atoms with E-state index in [1.165, 1.54) is 12.1 Å². The molecule has 1 saturated carbocycles. The molecule has 2 unspecified atom stereocenters. The molecule has 0 saturated heterocycles. The van der Waals surface area contributed by atoms with Crippen molar-refractivity contribution in [1.82, 2.24) is 15.5 Å². The third-order valence-corrected chi connectivity index (χ3v) is 3.86. The summed E-state index contributed by atoms with van der Waals surface area (Å²) in [7, 11) is 0. The largest absolute Gasteiger partial charge is 0.339 e. The molecule has 0 bridgehead atoms. The van der Waals surface area contributed by atoms with E-state index in [2.05, 4.69) is 22.4 Å². The van der Waals surface area contributed by atoms with Crippen molar-refractivity contribution in [2.75, 3.05) is 6.54 Å². The Kier molecular flexibility index (Phi) is 3.96. The van der Waals surface area contributed by atoms with Crippen LogP contribution in [0.5, 0.6) is 0 Å². The number of hydrogen-bond acceptors (Lipinski definition) is 4. The monoisotopic (exact) mass is 293 g/mol. The first-order chi connectivity index (χ1) is 10.2. The van der Waals surface area contributed by atoms with E-state index in [9.17, 15) is 8.78 Å². The summed E-state index contributed by atoms with van der Waals surface area (Å²) in [6.45, 7) is 2.95. The van der Waals surface area contributed by atoms with Gasteiger partial charge in [0.25, 0.3) is 0 Å². The van der Waals surface area contributed by atoms with Gasteiger partial charge in [0.1, 0.15) is 11.6 Å².